The van der Waals surface area contributed by atoms with Crippen molar-refractivity contribution in [2.24, 2.45) is 0 Å². The number of nitrogens with one attached hydrogen (secondary N) is 1. The molecule has 0 radical (unpaired) electrons. The molecule has 3 heterocycles. The van der Waals surface area contributed by atoms with Crippen LogP contribution < -0.4 is 4.74 Å². The summed E-state index contributed by atoms with van der Waals surface area (Å²) in [5.41, 5.74) is 3.08. The molecule has 1 saturated heterocycles. The Labute approximate surface area is 204 Å². The Balaban J connectivity index is 1.35. The number of carbonyl (C=O) groups is 2. The fourth-order valence-corrected chi connectivity index (χ4v) is 4.75. The molecule has 9 nitrogen and oxygen atoms in total. The first-order valence-electron chi connectivity index (χ1n) is 12.1. The van der Waals surface area contributed by atoms with Crippen LogP contribution in [0.15, 0.2) is 30.3 Å². The third-order valence-corrected chi connectivity index (χ3v) is 6.75. The highest BCUT2D eigenvalue weighted by Crippen LogP contribution is 2.32. The number of hydrogen-bond donors (Lipinski definition) is 2. The van der Waals surface area contributed by atoms with Crippen molar-refractivity contribution < 1.29 is 19.4 Å². The molecule has 0 aliphatic carbocycles. The Bertz CT molecular complexity index is 1260. The summed E-state index contributed by atoms with van der Waals surface area (Å²) in [5.74, 6) is 0.221. The van der Waals surface area contributed by atoms with E-state index < -0.39 is 0 Å². The smallest absolute Gasteiger partial charge is 0.274 e. The number of nitrogens with zero attached hydrogens (tertiary/aromatic N) is 4. The van der Waals surface area contributed by atoms with E-state index in [-0.39, 0.29) is 23.1 Å². The first-order chi connectivity index (χ1) is 16.9. The van der Waals surface area contributed by atoms with Gasteiger partial charge in [0.1, 0.15) is 18.1 Å². The molecular weight excluding hydrogens is 446 g/mol. The molecule has 5 rings (SSSR count). The number of carbonyl (C=O) groups excluding carboxylic acids is 2. The lowest BCUT2D eigenvalue weighted by atomic mass is 10.1. The molecule has 2 N–H and O–H groups in total. The lowest BCUT2D eigenvalue weighted by Gasteiger charge is -2.26. The highest BCUT2D eigenvalue weighted by molar-refractivity contribution is 6.08. The molecule has 2 aromatic carbocycles. The molecule has 1 aromatic heterocycles. The SMILES string of the molecule is CN(C)CCOc1ccc2c(c1)CN(C(=O)c1cc3c(C(=O)N4CCCCC4)n[nH]c3cc1O)C2. The molecule has 2 aliphatic heterocycles. The average Bonchev–Trinajstić information content (AvgIpc) is 3.46. The van der Waals surface area contributed by atoms with Crippen LogP contribution in [0.3, 0.4) is 0 Å². The van der Waals surface area contributed by atoms with E-state index in [1.807, 2.05) is 37.2 Å². The summed E-state index contributed by atoms with van der Waals surface area (Å²) in [6, 6.07) is 8.96. The number of likely N-dealkylation sites (N-methyl/N-ethyl adjacent to an activating group) is 1. The summed E-state index contributed by atoms with van der Waals surface area (Å²) in [6.07, 6.45) is 3.09. The van der Waals surface area contributed by atoms with Gasteiger partial charge in [-0.05, 0) is 62.7 Å². The minimum atomic E-state index is -0.284. The maximum atomic E-state index is 13.4. The van der Waals surface area contributed by atoms with Crippen molar-refractivity contribution in [2.75, 3.05) is 40.3 Å². The first kappa shape index (κ1) is 23.2. The van der Waals surface area contributed by atoms with Gasteiger partial charge in [0.05, 0.1) is 11.1 Å². The molecule has 1 fully saturated rings. The van der Waals surface area contributed by atoms with E-state index in [2.05, 4.69) is 15.1 Å². The zero-order valence-electron chi connectivity index (χ0n) is 20.2. The van der Waals surface area contributed by atoms with Gasteiger partial charge >= 0.3 is 0 Å². The van der Waals surface area contributed by atoms with Gasteiger partial charge in [-0.1, -0.05) is 6.07 Å². The van der Waals surface area contributed by atoms with Crippen LogP contribution >= 0.6 is 0 Å². The first-order valence-corrected chi connectivity index (χ1v) is 12.1. The number of fused-ring (bicyclic) bond motifs is 2. The molecule has 0 bridgehead atoms. The van der Waals surface area contributed by atoms with E-state index in [1.165, 1.54) is 6.07 Å². The second-order valence-corrected chi connectivity index (χ2v) is 9.58. The van der Waals surface area contributed by atoms with Crippen molar-refractivity contribution in [1.29, 1.82) is 0 Å². The number of aromatic hydroxyl groups is 1. The molecular formula is C26H31N5O4. The van der Waals surface area contributed by atoms with Crippen molar-refractivity contribution in [3.63, 3.8) is 0 Å². The van der Waals surface area contributed by atoms with Crippen LogP contribution in [-0.2, 0) is 13.1 Å². The Hall–Kier alpha value is -3.59. The summed E-state index contributed by atoms with van der Waals surface area (Å²) in [5, 5.41) is 18.2. The summed E-state index contributed by atoms with van der Waals surface area (Å²) in [4.78, 5) is 32.0. The number of phenols is 1. The van der Waals surface area contributed by atoms with Gasteiger partial charge in [0, 0.05) is 44.2 Å². The average molecular weight is 478 g/mol. The van der Waals surface area contributed by atoms with Crippen LogP contribution in [0.25, 0.3) is 10.9 Å². The molecule has 184 valence electrons. The number of rotatable bonds is 6. The number of phenolic OH excluding ortho intramolecular Hbond substituents is 1. The summed E-state index contributed by atoms with van der Waals surface area (Å²) in [6.45, 7) is 3.72. The highest BCUT2D eigenvalue weighted by Gasteiger charge is 2.29. The Morgan fingerprint density at radius 3 is 2.57 bits per heavy atom. The maximum absolute atomic E-state index is 13.4. The number of amides is 2. The van der Waals surface area contributed by atoms with Gasteiger partial charge in [-0.3, -0.25) is 14.7 Å². The quantitative estimate of drug-likeness (QED) is 0.566. The molecule has 2 aliphatic rings. The van der Waals surface area contributed by atoms with Crippen LogP contribution in [0.5, 0.6) is 11.5 Å². The Kier molecular flexibility index (Phi) is 6.34. The zero-order chi connectivity index (χ0) is 24.5. The van der Waals surface area contributed by atoms with Gasteiger partial charge in [-0.2, -0.15) is 5.10 Å². The predicted molar refractivity (Wildman–Crippen MR) is 132 cm³/mol. The minimum Gasteiger partial charge on any atom is -0.507 e. The second-order valence-electron chi connectivity index (χ2n) is 9.58. The van der Waals surface area contributed by atoms with Gasteiger partial charge in [0.2, 0.25) is 0 Å². The lowest BCUT2D eigenvalue weighted by Crippen LogP contribution is -2.35. The van der Waals surface area contributed by atoms with Gasteiger partial charge < -0.3 is 24.5 Å². The van der Waals surface area contributed by atoms with Crippen molar-refractivity contribution in [2.45, 2.75) is 32.4 Å². The van der Waals surface area contributed by atoms with E-state index in [4.69, 9.17) is 4.74 Å². The normalized spacial score (nSPS) is 15.6. The largest absolute Gasteiger partial charge is 0.507 e. The van der Waals surface area contributed by atoms with Crippen LogP contribution in [-0.4, -0.2) is 82.2 Å². The number of ether oxygens (including phenoxy) is 1. The number of piperidine rings is 1. The van der Waals surface area contributed by atoms with Crippen LogP contribution in [0, 0.1) is 0 Å². The summed E-state index contributed by atoms with van der Waals surface area (Å²) < 4.78 is 5.84. The molecule has 35 heavy (non-hydrogen) atoms. The standard InChI is InChI=1S/C26H31N5O4/c1-29(2)10-11-35-19-7-6-17-15-31(16-18(17)12-19)25(33)21-13-20-22(14-23(21)32)27-28-24(20)26(34)30-8-4-3-5-9-30/h6-7,12-14,32H,3-5,8-11,15-16H2,1-2H3,(H,27,28). The number of aromatic amines is 1. The van der Waals surface area contributed by atoms with Crippen molar-refractivity contribution in [3.8, 4) is 11.5 Å². The third-order valence-electron chi connectivity index (χ3n) is 6.75. The molecule has 0 atom stereocenters. The number of H-pyrrole nitrogens is 1. The molecule has 0 unspecified atom stereocenters. The van der Waals surface area contributed by atoms with Crippen molar-refractivity contribution in [1.82, 2.24) is 24.9 Å². The molecule has 2 amide bonds. The number of benzene rings is 2. The molecule has 0 saturated carbocycles. The van der Waals surface area contributed by atoms with Gasteiger partial charge in [-0.25, -0.2) is 0 Å². The van der Waals surface area contributed by atoms with Crippen LogP contribution in [0.2, 0.25) is 0 Å². The summed E-state index contributed by atoms with van der Waals surface area (Å²) >= 11 is 0. The second kappa shape index (κ2) is 9.58. The minimum absolute atomic E-state index is 0.133. The molecule has 0 spiro atoms. The van der Waals surface area contributed by atoms with E-state index in [1.54, 1.807) is 11.0 Å². The Morgan fingerprint density at radius 2 is 1.80 bits per heavy atom. The highest BCUT2D eigenvalue weighted by atomic mass is 16.5. The zero-order valence-corrected chi connectivity index (χ0v) is 20.2. The third kappa shape index (κ3) is 4.68. The van der Waals surface area contributed by atoms with Gasteiger partial charge in [-0.15, -0.1) is 0 Å². The topological polar surface area (TPSA) is 102 Å². The fourth-order valence-electron chi connectivity index (χ4n) is 4.75. The van der Waals surface area contributed by atoms with E-state index in [0.717, 1.165) is 42.7 Å². The van der Waals surface area contributed by atoms with Crippen molar-refractivity contribution in [3.05, 3.63) is 52.7 Å². The molecule has 9 heteroatoms. The number of aromatic nitrogens is 2. The maximum Gasteiger partial charge on any atom is 0.274 e. The number of hydrogen-bond acceptors (Lipinski definition) is 6. The lowest BCUT2D eigenvalue weighted by molar-refractivity contribution is 0.0717. The van der Waals surface area contributed by atoms with Crippen molar-refractivity contribution >= 4 is 22.7 Å². The van der Waals surface area contributed by atoms with E-state index in [9.17, 15) is 14.7 Å². The fraction of sp³-hybridized carbons (Fsp3) is 0.423. The van der Waals surface area contributed by atoms with Crippen LogP contribution in [0.1, 0.15) is 51.2 Å². The van der Waals surface area contributed by atoms with E-state index >= 15 is 0 Å². The molecule has 3 aromatic rings. The monoisotopic (exact) mass is 477 g/mol. The Morgan fingerprint density at radius 1 is 1.03 bits per heavy atom. The van der Waals surface area contributed by atoms with Gasteiger partial charge in [0.25, 0.3) is 11.8 Å². The predicted octanol–water partition coefficient (Wildman–Crippen LogP) is 2.99. The van der Waals surface area contributed by atoms with Crippen LogP contribution in [0.4, 0.5) is 0 Å². The van der Waals surface area contributed by atoms with Gasteiger partial charge in [0.15, 0.2) is 5.69 Å². The number of likely N-dealkylation sites (tertiary alicyclic amines) is 1. The summed E-state index contributed by atoms with van der Waals surface area (Å²) in [7, 11) is 4.00. The van der Waals surface area contributed by atoms with E-state index in [0.29, 0.717) is 49.4 Å².